The minimum atomic E-state index is -0.486. The number of piperidine rings is 1. The fraction of sp³-hybridized carbons (Fsp3) is 0.417. The summed E-state index contributed by atoms with van der Waals surface area (Å²) in [4.78, 5) is 23.0. The van der Waals surface area contributed by atoms with Crippen molar-refractivity contribution < 1.29 is 9.53 Å². The highest BCUT2D eigenvalue weighted by molar-refractivity contribution is 5.81. The first kappa shape index (κ1) is 19.5. The number of hydrogen-bond donors (Lipinski definition) is 1. The molecule has 0 saturated carbocycles. The zero-order chi connectivity index (χ0) is 20.4. The number of imidazole rings is 1. The Bertz CT molecular complexity index is 953. The molecule has 5 nitrogen and oxygen atoms in total. The molecule has 1 aliphatic rings. The number of hydrogen-bond acceptors (Lipinski definition) is 3. The number of amides is 1. The van der Waals surface area contributed by atoms with Gasteiger partial charge in [0, 0.05) is 19.0 Å². The maximum atomic E-state index is 12.9. The van der Waals surface area contributed by atoms with Gasteiger partial charge in [-0.05, 0) is 55.5 Å². The number of carbonyl (C=O) groups is 1. The second-order valence-electron chi connectivity index (χ2n) is 8.23. The largest absolute Gasteiger partial charge is 0.481 e. The molecular formula is C24H29N3O2. The van der Waals surface area contributed by atoms with E-state index in [1.165, 1.54) is 5.56 Å². The molecule has 1 unspecified atom stereocenters. The molecule has 0 bridgehead atoms. The van der Waals surface area contributed by atoms with Crippen molar-refractivity contribution in [3.05, 3.63) is 59.9 Å². The average molecular weight is 392 g/mol. The van der Waals surface area contributed by atoms with Crippen LogP contribution in [0.3, 0.4) is 0 Å². The van der Waals surface area contributed by atoms with Crippen LogP contribution in [0.2, 0.25) is 0 Å². The van der Waals surface area contributed by atoms with Crippen LogP contribution in [0.25, 0.3) is 11.0 Å². The lowest BCUT2D eigenvalue weighted by atomic mass is 9.96. The monoisotopic (exact) mass is 391 g/mol. The van der Waals surface area contributed by atoms with Gasteiger partial charge in [-0.25, -0.2) is 4.98 Å². The summed E-state index contributed by atoms with van der Waals surface area (Å²) in [5.41, 5.74) is 3.30. The van der Waals surface area contributed by atoms with E-state index >= 15 is 0 Å². The van der Waals surface area contributed by atoms with Crippen molar-refractivity contribution in [2.45, 2.75) is 51.6 Å². The Hall–Kier alpha value is -2.82. The van der Waals surface area contributed by atoms with Gasteiger partial charge in [0.1, 0.15) is 11.6 Å². The van der Waals surface area contributed by atoms with Gasteiger partial charge in [-0.1, -0.05) is 38.1 Å². The summed E-state index contributed by atoms with van der Waals surface area (Å²) in [5.74, 6) is 2.65. The summed E-state index contributed by atoms with van der Waals surface area (Å²) in [5, 5.41) is 0. The van der Waals surface area contributed by atoms with Crippen LogP contribution in [0.15, 0.2) is 48.5 Å². The van der Waals surface area contributed by atoms with Gasteiger partial charge < -0.3 is 14.6 Å². The van der Waals surface area contributed by atoms with E-state index in [9.17, 15) is 4.79 Å². The Balaban J connectivity index is 1.35. The van der Waals surface area contributed by atoms with Crippen molar-refractivity contribution >= 4 is 16.9 Å². The predicted octanol–water partition coefficient (Wildman–Crippen LogP) is 4.86. The first-order valence-corrected chi connectivity index (χ1v) is 10.5. The van der Waals surface area contributed by atoms with Crippen LogP contribution in [0.1, 0.15) is 56.8 Å². The van der Waals surface area contributed by atoms with Gasteiger partial charge in [0.2, 0.25) is 0 Å². The van der Waals surface area contributed by atoms with E-state index in [1.807, 2.05) is 48.2 Å². The van der Waals surface area contributed by atoms with Gasteiger partial charge >= 0.3 is 0 Å². The molecule has 0 spiro atoms. The molecular weight excluding hydrogens is 362 g/mol. The predicted molar refractivity (Wildman–Crippen MR) is 115 cm³/mol. The molecule has 1 atom stereocenters. The van der Waals surface area contributed by atoms with E-state index in [-0.39, 0.29) is 5.91 Å². The lowest BCUT2D eigenvalue weighted by molar-refractivity contribution is -0.139. The van der Waals surface area contributed by atoms with E-state index in [0.29, 0.717) is 11.8 Å². The second-order valence-corrected chi connectivity index (χ2v) is 8.23. The number of H-pyrrole nitrogens is 1. The molecule has 2 aromatic carbocycles. The fourth-order valence-electron chi connectivity index (χ4n) is 4.00. The highest BCUT2D eigenvalue weighted by atomic mass is 16.5. The summed E-state index contributed by atoms with van der Waals surface area (Å²) in [7, 11) is 0. The molecule has 2 heterocycles. The SMILES string of the molecule is CC(Oc1cccc(C(C)C)c1)C(=O)N1CCC(c2nc3ccccc3[nH]2)CC1. The lowest BCUT2D eigenvalue weighted by Crippen LogP contribution is -2.44. The van der Waals surface area contributed by atoms with Crippen molar-refractivity contribution in [3.8, 4) is 5.75 Å². The molecule has 1 amide bonds. The van der Waals surface area contributed by atoms with Gasteiger partial charge in [0.25, 0.3) is 5.91 Å². The minimum absolute atomic E-state index is 0.0583. The number of carbonyl (C=O) groups excluding carboxylic acids is 1. The summed E-state index contributed by atoms with van der Waals surface area (Å²) >= 11 is 0. The molecule has 0 radical (unpaired) electrons. The number of para-hydroxylation sites is 2. The van der Waals surface area contributed by atoms with Gasteiger partial charge in [-0.3, -0.25) is 4.79 Å². The number of aromatic amines is 1. The highest BCUT2D eigenvalue weighted by Crippen LogP contribution is 2.28. The van der Waals surface area contributed by atoms with Crippen molar-refractivity contribution in [2.24, 2.45) is 0 Å². The van der Waals surface area contributed by atoms with E-state index in [2.05, 4.69) is 31.0 Å². The smallest absolute Gasteiger partial charge is 0.263 e. The summed E-state index contributed by atoms with van der Waals surface area (Å²) < 4.78 is 5.96. The van der Waals surface area contributed by atoms with Crippen molar-refractivity contribution in [1.82, 2.24) is 14.9 Å². The van der Waals surface area contributed by atoms with Gasteiger partial charge in [-0.15, -0.1) is 0 Å². The topological polar surface area (TPSA) is 58.2 Å². The van der Waals surface area contributed by atoms with E-state index in [0.717, 1.165) is 48.5 Å². The van der Waals surface area contributed by atoms with Gasteiger partial charge in [-0.2, -0.15) is 0 Å². The molecule has 1 fully saturated rings. The average Bonchev–Trinajstić information content (AvgIpc) is 3.18. The third-order valence-corrected chi connectivity index (χ3v) is 5.79. The fourth-order valence-corrected chi connectivity index (χ4v) is 4.00. The van der Waals surface area contributed by atoms with Gasteiger partial charge in [0.05, 0.1) is 11.0 Å². The summed E-state index contributed by atoms with van der Waals surface area (Å²) in [6.07, 6.45) is 1.35. The molecule has 5 heteroatoms. The molecule has 1 saturated heterocycles. The molecule has 3 aromatic rings. The Kier molecular flexibility index (Phi) is 5.56. The number of fused-ring (bicyclic) bond motifs is 1. The number of likely N-dealkylation sites (tertiary alicyclic amines) is 1. The van der Waals surface area contributed by atoms with E-state index in [1.54, 1.807) is 0 Å². The highest BCUT2D eigenvalue weighted by Gasteiger charge is 2.29. The van der Waals surface area contributed by atoms with E-state index < -0.39 is 6.10 Å². The van der Waals surface area contributed by atoms with Crippen molar-refractivity contribution in [2.75, 3.05) is 13.1 Å². The maximum Gasteiger partial charge on any atom is 0.263 e. The second kappa shape index (κ2) is 8.27. The number of nitrogens with one attached hydrogen (secondary N) is 1. The molecule has 4 rings (SSSR count). The van der Waals surface area contributed by atoms with Crippen LogP contribution in [0.4, 0.5) is 0 Å². The lowest BCUT2D eigenvalue weighted by Gasteiger charge is -2.32. The number of rotatable bonds is 5. The maximum absolute atomic E-state index is 12.9. The van der Waals surface area contributed by atoms with Crippen LogP contribution in [-0.4, -0.2) is 40.0 Å². The number of ether oxygens (including phenoxy) is 1. The van der Waals surface area contributed by atoms with Crippen molar-refractivity contribution in [3.63, 3.8) is 0 Å². The standard InChI is InChI=1S/C24H29N3O2/c1-16(2)19-7-6-8-20(15-19)29-17(3)24(28)27-13-11-18(12-14-27)23-25-21-9-4-5-10-22(21)26-23/h4-10,15-18H,11-14H2,1-3H3,(H,25,26). The normalized spacial score (nSPS) is 16.3. The third kappa shape index (κ3) is 4.29. The Labute approximate surface area is 172 Å². The van der Waals surface area contributed by atoms with Crippen LogP contribution >= 0.6 is 0 Å². The van der Waals surface area contributed by atoms with Crippen LogP contribution < -0.4 is 4.74 Å². The zero-order valence-electron chi connectivity index (χ0n) is 17.4. The molecule has 29 heavy (non-hydrogen) atoms. The van der Waals surface area contributed by atoms with Crippen LogP contribution in [-0.2, 0) is 4.79 Å². The van der Waals surface area contributed by atoms with Gasteiger partial charge in [0.15, 0.2) is 6.10 Å². The summed E-state index contributed by atoms with van der Waals surface area (Å²) in [6.45, 7) is 7.62. The van der Waals surface area contributed by atoms with E-state index in [4.69, 9.17) is 9.72 Å². The Morgan fingerprint density at radius 2 is 1.86 bits per heavy atom. The molecule has 1 aliphatic heterocycles. The molecule has 1 N–H and O–H groups in total. The Morgan fingerprint density at radius 3 is 2.59 bits per heavy atom. The number of aromatic nitrogens is 2. The van der Waals surface area contributed by atoms with Crippen LogP contribution in [0, 0.1) is 0 Å². The minimum Gasteiger partial charge on any atom is -0.481 e. The third-order valence-electron chi connectivity index (χ3n) is 5.79. The number of benzene rings is 2. The Morgan fingerprint density at radius 1 is 1.10 bits per heavy atom. The van der Waals surface area contributed by atoms with Crippen LogP contribution in [0.5, 0.6) is 5.75 Å². The first-order valence-electron chi connectivity index (χ1n) is 10.5. The quantitative estimate of drug-likeness (QED) is 0.676. The first-order chi connectivity index (χ1) is 14.0. The molecule has 0 aliphatic carbocycles. The van der Waals surface area contributed by atoms with Crippen molar-refractivity contribution in [1.29, 1.82) is 0 Å². The number of nitrogens with zero attached hydrogens (tertiary/aromatic N) is 2. The summed E-state index contributed by atoms with van der Waals surface area (Å²) in [6, 6.07) is 16.1. The molecule has 152 valence electrons. The zero-order valence-corrected chi connectivity index (χ0v) is 17.4. The molecule has 1 aromatic heterocycles.